The first-order valence-corrected chi connectivity index (χ1v) is 6.88. The number of non-ortho nitro benzene ring substituents is 1. The third-order valence-electron chi connectivity index (χ3n) is 3.20. The predicted octanol–water partition coefficient (Wildman–Crippen LogP) is 3.02. The lowest BCUT2D eigenvalue weighted by Crippen LogP contribution is -2.08. The van der Waals surface area contributed by atoms with E-state index in [0.29, 0.717) is 0 Å². The molecular formula is C15H15N5O4. The molecule has 0 unspecified atom stereocenters. The summed E-state index contributed by atoms with van der Waals surface area (Å²) in [5, 5.41) is 25.6. The zero-order valence-corrected chi connectivity index (χ0v) is 13.0. The van der Waals surface area contributed by atoms with Gasteiger partial charge in [0.05, 0.1) is 22.1 Å². The molecule has 0 bridgehead atoms. The second kappa shape index (κ2) is 7.18. The second-order valence-corrected chi connectivity index (χ2v) is 5.07. The zero-order chi connectivity index (χ0) is 17.7. The fourth-order valence-corrected chi connectivity index (χ4v) is 1.91. The molecule has 24 heavy (non-hydrogen) atoms. The molecule has 0 radical (unpaired) electrons. The third-order valence-corrected chi connectivity index (χ3v) is 3.20. The molecule has 2 aromatic rings. The van der Waals surface area contributed by atoms with Gasteiger partial charge in [-0.1, -0.05) is 12.1 Å². The van der Waals surface area contributed by atoms with Crippen LogP contribution in [0.25, 0.3) is 0 Å². The highest BCUT2D eigenvalue weighted by atomic mass is 16.6. The molecule has 2 rings (SSSR count). The van der Waals surface area contributed by atoms with Crippen LogP contribution in [0.2, 0.25) is 0 Å². The molecule has 0 heterocycles. The lowest BCUT2D eigenvalue weighted by molar-refractivity contribution is -0.393. The molecular weight excluding hydrogens is 314 g/mol. The number of hydrogen-bond acceptors (Lipinski definition) is 7. The van der Waals surface area contributed by atoms with Crippen molar-refractivity contribution in [3.63, 3.8) is 0 Å². The molecule has 0 aromatic heterocycles. The molecule has 0 fully saturated rings. The van der Waals surface area contributed by atoms with Gasteiger partial charge in [0.2, 0.25) is 0 Å². The second-order valence-electron chi connectivity index (χ2n) is 5.07. The van der Waals surface area contributed by atoms with Crippen molar-refractivity contribution >= 4 is 29.0 Å². The van der Waals surface area contributed by atoms with Gasteiger partial charge in [-0.3, -0.25) is 25.7 Å². The summed E-state index contributed by atoms with van der Waals surface area (Å²) in [5.41, 5.74) is 3.69. The molecule has 0 atom stereocenters. The predicted molar refractivity (Wildman–Crippen MR) is 91.7 cm³/mol. The van der Waals surface area contributed by atoms with Crippen LogP contribution in [-0.4, -0.2) is 30.2 Å². The monoisotopic (exact) mass is 329 g/mol. The van der Waals surface area contributed by atoms with Crippen LogP contribution in [0.1, 0.15) is 5.56 Å². The Hall–Kier alpha value is -3.49. The van der Waals surface area contributed by atoms with Crippen molar-refractivity contribution in [2.75, 3.05) is 24.4 Å². The molecule has 2 aromatic carbocycles. The molecule has 1 N–H and O–H groups in total. The summed E-state index contributed by atoms with van der Waals surface area (Å²) < 4.78 is 0. The maximum atomic E-state index is 11.0. The van der Waals surface area contributed by atoms with E-state index < -0.39 is 15.5 Å². The topological polar surface area (TPSA) is 114 Å². The smallest absolute Gasteiger partial charge is 0.301 e. The molecule has 9 nitrogen and oxygen atoms in total. The Morgan fingerprint density at radius 3 is 2.25 bits per heavy atom. The molecule has 0 spiro atoms. The summed E-state index contributed by atoms with van der Waals surface area (Å²) in [6.07, 6.45) is 1.50. The minimum absolute atomic E-state index is 0.0757. The highest BCUT2D eigenvalue weighted by Gasteiger charge is 2.18. The Kier molecular flexibility index (Phi) is 5.05. The summed E-state index contributed by atoms with van der Waals surface area (Å²) in [6, 6.07) is 10.9. The Labute approximate surface area is 137 Å². The van der Waals surface area contributed by atoms with E-state index in [9.17, 15) is 20.2 Å². The van der Waals surface area contributed by atoms with Gasteiger partial charge in [0.25, 0.3) is 5.69 Å². The molecule has 0 aliphatic heterocycles. The van der Waals surface area contributed by atoms with Crippen LogP contribution in [0.15, 0.2) is 47.6 Å². The molecule has 0 amide bonds. The van der Waals surface area contributed by atoms with Crippen LogP contribution in [0.4, 0.5) is 22.7 Å². The first-order valence-electron chi connectivity index (χ1n) is 6.88. The highest BCUT2D eigenvalue weighted by Crippen LogP contribution is 2.28. The number of nitro groups is 2. The summed E-state index contributed by atoms with van der Waals surface area (Å²) in [6.45, 7) is 0. The van der Waals surface area contributed by atoms with Gasteiger partial charge in [0, 0.05) is 25.8 Å². The molecule has 9 heteroatoms. The number of nitro benzene ring substituents is 2. The van der Waals surface area contributed by atoms with Gasteiger partial charge in [0.1, 0.15) is 5.69 Å². The average molecular weight is 329 g/mol. The number of benzene rings is 2. The number of nitrogens with zero attached hydrogens (tertiary/aromatic N) is 4. The maximum Gasteiger partial charge on any atom is 0.301 e. The van der Waals surface area contributed by atoms with Crippen LogP contribution in [0.3, 0.4) is 0 Å². The maximum absolute atomic E-state index is 11.0. The molecule has 0 saturated carbocycles. The van der Waals surface area contributed by atoms with E-state index in [1.807, 2.05) is 43.3 Å². The Balaban J connectivity index is 2.16. The fraction of sp³-hybridized carbons (Fsp3) is 0.133. The number of hydrogen-bond donors (Lipinski definition) is 1. The van der Waals surface area contributed by atoms with Gasteiger partial charge in [0.15, 0.2) is 0 Å². The van der Waals surface area contributed by atoms with Crippen LogP contribution < -0.4 is 10.3 Å². The average Bonchev–Trinajstić information content (AvgIpc) is 2.55. The first kappa shape index (κ1) is 16.9. The Morgan fingerprint density at radius 2 is 1.71 bits per heavy atom. The largest absolute Gasteiger partial charge is 0.378 e. The minimum Gasteiger partial charge on any atom is -0.378 e. The summed E-state index contributed by atoms with van der Waals surface area (Å²) in [7, 11) is 3.86. The molecule has 0 saturated heterocycles. The summed E-state index contributed by atoms with van der Waals surface area (Å²) in [5.74, 6) is 0. The molecule has 0 aliphatic rings. The quantitative estimate of drug-likeness (QED) is 0.495. The van der Waals surface area contributed by atoms with Gasteiger partial charge in [-0.15, -0.1) is 0 Å². The lowest BCUT2D eigenvalue weighted by atomic mass is 10.2. The lowest BCUT2D eigenvalue weighted by Gasteiger charge is -2.11. The zero-order valence-electron chi connectivity index (χ0n) is 13.0. The number of hydrazone groups is 1. The van der Waals surface area contributed by atoms with Gasteiger partial charge in [-0.05, 0) is 23.8 Å². The SMILES string of the molecule is CN(C)c1ccc(/C=N\Nc2ccc([N+](=O)[O-])cc2[N+](=O)[O-])cc1. The van der Waals surface area contributed by atoms with E-state index >= 15 is 0 Å². The van der Waals surface area contributed by atoms with Crippen molar-refractivity contribution in [3.05, 3.63) is 68.3 Å². The first-order chi connectivity index (χ1) is 11.4. The van der Waals surface area contributed by atoms with E-state index in [2.05, 4.69) is 10.5 Å². The van der Waals surface area contributed by atoms with Crippen LogP contribution in [-0.2, 0) is 0 Å². The van der Waals surface area contributed by atoms with Crippen molar-refractivity contribution in [2.45, 2.75) is 0 Å². The van der Waals surface area contributed by atoms with Crippen molar-refractivity contribution in [1.29, 1.82) is 0 Å². The van der Waals surface area contributed by atoms with E-state index in [0.717, 1.165) is 17.3 Å². The minimum atomic E-state index is -0.698. The Morgan fingerprint density at radius 1 is 1.04 bits per heavy atom. The normalized spacial score (nSPS) is 10.6. The van der Waals surface area contributed by atoms with Crippen molar-refractivity contribution in [3.8, 4) is 0 Å². The number of nitrogens with one attached hydrogen (secondary N) is 1. The summed E-state index contributed by atoms with van der Waals surface area (Å²) >= 11 is 0. The highest BCUT2D eigenvalue weighted by molar-refractivity contribution is 5.81. The van der Waals surface area contributed by atoms with Crippen molar-refractivity contribution < 1.29 is 9.85 Å². The number of anilines is 2. The molecule has 124 valence electrons. The summed E-state index contributed by atoms with van der Waals surface area (Å²) in [4.78, 5) is 22.3. The Bertz CT molecular complexity index is 787. The van der Waals surface area contributed by atoms with Gasteiger partial charge < -0.3 is 4.90 Å². The standard InChI is InChI=1S/C15H15N5O4/c1-18(2)12-5-3-11(4-6-12)10-16-17-14-8-7-13(19(21)22)9-15(14)20(23)24/h3-10,17H,1-2H3/b16-10-. The van der Waals surface area contributed by atoms with Crippen LogP contribution in [0, 0.1) is 20.2 Å². The van der Waals surface area contributed by atoms with Crippen molar-refractivity contribution in [2.24, 2.45) is 5.10 Å². The van der Waals surface area contributed by atoms with E-state index in [-0.39, 0.29) is 11.4 Å². The van der Waals surface area contributed by atoms with Crippen molar-refractivity contribution in [1.82, 2.24) is 0 Å². The van der Waals surface area contributed by atoms with E-state index in [1.165, 1.54) is 18.3 Å². The van der Waals surface area contributed by atoms with E-state index in [4.69, 9.17) is 0 Å². The van der Waals surface area contributed by atoms with Gasteiger partial charge in [-0.2, -0.15) is 5.10 Å². The van der Waals surface area contributed by atoms with Gasteiger partial charge in [-0.25, -0.2) is 0 Å². The third kappa shape index (κ3) is 4.03. The van der Waals surface area contributed by atoms with Crippen LogP contribution in [0.5, 0.6) is 0 Å². The number of rotatable bonds is 6. The van der Waals surface area contributed by atoms with Gasteiger partial charge >= 0.3 is 5.69 Å². The van der Waals surface area contributed by atoms with E-state index in [1.54, 1.807) is 0 Å². The molecule has 0 aliphatic carbocycles. The fourth-order valence-electron chi connectivity index (χ4n) is 1.91. The van der Waals surface area contributed by atoms with Crippen LogP contribution >= 0.6 is 0 Å².